The normalized spacial score (nSPS) is 18.6. The fourth-order valence-electron chi connectivity index (χ4n) is 4.70. The Morgan fingerprint density at radius 2 is 1.59 bits per heavy atom. The first kappa shape index (κ1) is 18.3. The molecular formula is C26H28N2O. The molecule has 1 atom stereocenters. The van der Waals surface area contributed by atoms with Gasteiger partial charge in [-0.1, -0.05) is 60.7 Å². The number of para-hydroxylation sites is 3. The van der Waals surface area contributed by atoms with Crippen LogP contribution in [-0.2, 0) is 13.0 Å². The van der Waals surface area contributed by atoms with Crippen LogP contribution in [-0.4, -0.2) is 30.6 Å². The van der Waals surface area contributed by atoms with Crippen LogP contribution in [0.2, 0.25) is 0 Å². The minimum atomic E-state index is 0.568. The lowest BCUT2D eigenvalue weighted by Crippen LogP contribution is -2.39. The van der Waals surface area contributed by atoms with Gasteiger partial charge in [0.2, 0.25) is 0 Å². The van der Waals surface area contributed by atoms with Crippen molar-refractivity contribution >= 4 is 11.4 Å². The molecule has 3 aromatic carbocycles. The van der Waals surface area contributed by atoms with Crippen LogP contribution >= 0.6 is 0 Å². The number of ether oxygens (including phenoxy) is 1. The van der Waals surface area contributed by atoms with Gasteiger partial charge in [0.25, 0.3) is 0 Å². The third kappa shape index (κ3) is 3.88. The fraction of sp³-hybridized carbons (Fsp3) is 0.308. The lowest BCUT2D eigenvalue weighted by atomic mass is 10.1. The van der Waals surface area contributed by atoms with Gasteiger partial charge < -0.3 is 9.64 Å². The number of likely N-dealkylation sites (tertiary alicyclic amines) is 1. The zero-order valence-electron chi connectivity index (χ0n) is 16.8. The molecule has 0 amide bonds. The van der Waals surface area contributed by atoms with Crippen molar-refractivity contribution in [3.63, 3.8) is 0 Å². The van der Waals surface area contributed by atoms with Crippen LogP contribution < -0.4 is 9.64 Å². The van der Waals surface area contributed by atoms with Crippen molar-refractivity contribution in [1.82, 2.24) is 4.90 Å². The molecule has 0 bridgehead atoms. The number of hydrogen-bond acceptors (Lipinski definition) is 3. The van der Waals surface area contributed by atoms with Crippen LogP contribution in [0.1, 0.15) is 24.0 Å². The minimum absolute atomic E-state index is 0.568. The van der Waals surface area contributed by atoms with E-state index in [9.17, 15) is 0 Å². The fourth-order valence-corrected chi connectivity index (χ4v) is 4.70. The van der Waals surface area contributed by atoms with Crippen molar-refractivity contribution in [1.29, 1.82) is 0 Å². The summed E-state index contributed by atoms with van der Waals surface area (Å²) < 4.78 is 6.15. The van der Waals surface area contributed by atoms with E-state index in [1.165, 1.54) is 41.9 Å². The number of rotatable bonds is 5. The van der Waals surface area contributed by atoms with E-state index >= 15 is 0 Å². The smallest absolute Gasteiger partial charge is 0.143 e. The maximum absolute atomic E-state index is 6.15. The SMILES string of the molecule is c1ccc(CCN2CCC[C@@H]2CN2c3ccccc3COc3ccccc32)cc1. The first-order chi connectivity index (χ1) is 14.4. The van der Waals surface area contributed by atoms with Gasteiger partial charge in [0, 0.05) is 30.4 Å². The van der Waals surface area contributed by atoms with E-state index in [1.54, 1.807) is 0 Å². The summed E-state index contributed by atoms with van der Waals surface area (Å²) in [6, 6.07) is 28.6. The van der Waals surface area contributed by atoms with Crippen molar-refractivity contribution in [2.24, 2.45) is 0 Å². The van der Waals surface area contributed by atoms with Crippen molar-refractivity contribution in [3.05, 3.63) is 90.0 Å². The lowest BCUT2D eigenvalue weighted by molar-refractivity contribution is 0.261. The number of benzene rings is 3. The van der Waals surface area contributed by atoms with Gasteiger partial charge in [-0.05, 0) is 49.6 Å². The first-order valence-electron chi connectivity index (χ1n) is 10.7. The van der Waals surface area contributed by atoms with Crippen LogP contribution in [0.15, 0.2) is 78.9 Å². The van der Waals surface area contributed by atoms with Gasteiger partial charge in [-0.3, -0.25) is 4.90 Å². The number of fused-ring (bicyclic) bond motifs is 2. The summed E-state index contributed by atoms with van der Waals surface area (Å²) in [7, 11) is 0. The summed E-state index contributed by atoms with van der Waals surface area (Å²) in [4.78, 5) is 5.17. The second-order valence-electron chi connectivity index (χ2n) is 8.06. The summed E-state index contributed by atoms with van der Waals surface area (Å²) in [5.41, 5.74) is 5.16. The second-order valence-corrected chi connectivity index (χ2v) is 8.06. The van der Waals surface area contributed by atoms with Crippen molar-refractivity contribution < 1.29 is 4.74 Å². The summed E-state index contributed by atoms with van der Waals surface area (Å²) in [6.07, 6.45) is 3.66. The third-order valence-electron chi connectivity index (χ3n) is 6.24. The Morgan fingerprint density at radius 1 is 0.828 bits per heavy atom. The molecule has 0 unspecified atom stereocenters. The second kappa shape index (κ2) is 8.30. The van der Waals surface area contributed by atoms with Crippen LogP contribution in [0.3, 0.4) is 0 Å². The zero-order chi connectivity index (χ0) is 19.5. The van der Waals surface area contributed by atoms with Gasteiger partial charge in [0.05, 0.1) is 5.69 Å². The van der Waals surface area contributed by atoms with Crippen molar-refractivity contribution in [2.45, 2.75) is 31.9 Å². The number of nitrogens with zero attached hydrogens (tertiary/aromatic N) is 2. The first-order valence-corrected chi connectivity index (χ1v) is 10.7. The molecule has 3 nitrogen and oxygen atoms in total. The Labute approximate surface area is 173 Å². The largest absolute Gasteiger partial charge is 0.487 e. The molecule has 3 heteroatoms. The molecule has 0 aliphatic carbocycles. The Balaban J connectivity index is 1.39. The highest BCUT2D eigenvalue weighted by atomic mass is 16.5. The standard InChI is InChI=1S/C26H28N2O/c1-2-9-21(10-3-1)16-18-27-17-8-12-23(27)19-28-24-13-5-4-11-22(24)20-29-26-15-7-6-14-25(26)28/h1-7,9-11,13-15,23H,8,12,16-20H2/t23-/m1/s1. The Hall–Kier alpha value is -2.78. The predicted molar refractivity (Wildman–Crippen MR) is 119 cm³/mol. The van der Waals surface area contributed by atoms with Gasteiger partial charge in [-0.2, -0.15) is 0 Å². The average molecular weight is 385 g/mol. The Kier molecular flexibility index (Phi) is 5.23. The van der Waals surface area contributed by atoms with Gasteiger partial charge in [0.1, 0.15) is 12.4 Å². The van der Waals surface area contributed by atoms with Crippen molar-refractivity contribution in [2.75, 3.05) is 24.5 Å². The molecule has 1 saturated heterocycles. The average Bonchev–Trinajstić information content (AvgIpc) is 3.16. The van der Waals surface area contributed by atoms with Crippen LogP contribution in [0, 0.1) is 0 Å². The molecule has 0 radical (unpaired) electrons. The Bertz CT molecular complexity index is 908. The summed E-state index contributed by atoms with van der Waals surface area (Å²) in [5, 5.41) is 0. The molecule has 0 aromatic heterocycles. The van der Waals surface area contributed by atoms with Gasteiger partial charge >= 0.3 is 0 Å². The molecule has 2 heterocycles. The summed E-state index contributed by atoms with van der Waals surface area (Å²) in [5.74, 6) is 0.984. The molecular weight excluding hydrogens is 356 g/mol. The molecule has 0 saturated carbocycles. The highest BCUT2D eigenvalue weighted by Gasteiger charge is 2.29. The monoisotopic (exact) mass is 384 g/mol. The summed E-state index contributed by atoms with van der Waals surface area (Å²) in [6.45, 7) is 3.96. The van der Waals surface area contributed by atoms with Crippen LogP contribution in [0.4, 0.5) is 11.4 Å². The highest BCUT2D eigenvalue weighted by Crippen LogP contribution is 2.40. The molecule has 5 rings (SSSR count). The lowest BCUT2D eigenvalue weighted by Gasteiger charge is -2.32. The maximum atomic E-state index is 6.15. The van der Waals surface area contributed by atoms with Gasteiger partial charge in [0.15, 0.2) is 0 Å². The van der Waals surface area contributed by atoms with E-state index in [0.717, 1.165) is 25.3 Å². The summed E-state index contributed by atoms with van der Waals surface area (Å²) >= 11 is 0. The maximum Gasteiger partial charge on any atom is 0.143 e. The van der Waals surface area contributed by atoms with Crippen LogP contribution in [0.5, 0.6) is 5.75 Å². The molecule has 0 N–H and O–H groups in total. The van der Waals surface area contributed by atoms with Gasteiger partial charge in [-0.15, -0.1) is 0 Å². The molecule has 0 spiro atoms. The number of anilines is 2. The topological polar surface area (TPSA) is 15.7 Å². The van der Waals surface area contributed by atoms with E-state index in [1.807, 2.05) is 0 Å². The van der Waals surface area contributed by atoms with Gasteiger partial charge in [-0.25, -0.2) is 0 Å². The predicted octanol–water partition coefficient (Wildman–Crippen LogP) is 5.42. The van der Waals surface area contributed by atoms with E-state index in [2.05, 4.69) is 88.7 Å². The molecule has 2 aliphatic rings. The molecule has 2 aliphatic heterocycles. The third-order valence-corrected chi connectivity index (χ3v) is 6.24. The highest BCUT2D eigenvalue weighted by molar-refractivity contribution is 5.72. The van der Waals surface area contributed by atoms with E-state index in [0.29, 0.717) is 12.6 Å². The zero-order valence-corrected chi connectivity index (χ0v) is 16.8. The minimum Gasteiger partial charge on any atom is -0.487 e. The van der Waals surface area contributed by atoms with E-state index < -0.39 is 0 Å². The van der Waals surface area contributed by atoms with Crippen LogP contribution in [0.25, 0.3) is 0 Å². The molecule has 3 aromatic rings. The molecule has 29 heavy (non-hydrogen) atoms. The van der Waals surface area contributed by atoms with E-state index in [4.69, 9.17) is 4.74 Å². The van der Waals surface area contributed by atoms with Crippen molar-refractivity contribution in [3.8, 4) is 5.75 Å². The molecule has 1 fully saturated rings. The van der Waals surface area contributed by atoms with E-state index in [-0.39, 0.29) is 0 Å². The number of hydrogen-bond donors (Lipinski definition) is 0. The molecule has 148 valence electrons. The quantitative estimate of drug-likeness (QED) is 0.584. The Morgan fingerprint density at radius 3 is 2.48 bits per heavy atom.